The number of aryl methyl sites for hydroxylation is 2. The summed E-state index contributed by atoms with van der Waals surface area (Å²) in [5.41, 5.74) is 4.42. The summed E-state index contributed by atoms with van der Waals surface area (Å²) in [6.07, 6.45) is 2.49. The van der Waals surface area contributed by atoms with Gasteiger partial charge in [0.2, 0.25) is 0 Å². The molecule has 0 N–H and O–H groups in total. The number of rotatable bonds is 4. The van der Waals surface area contributed by atoms with Gasteiger partial charge in [-0.25, -0.2) is 0 Å². The number of halogens is 1. The standard InChI is InChI=1S/C13H19Br/c1-10(9-14)7-8-13-11(2)5-4-6-12(13)3/h4-6,10H,7-9H2,1-3H3. The van der Waals surface area contributed by atoms with Crippen LogP contribution in [0.2, 0.25) is 0 Å². The van der Waals surface area contributed by atoms with E-state index in [0.29, 0.717) is 0 Å². The van der Waals surface area contributed by atoms with Crippen molar-refractivity contribution in [1.82, 2.24) is 0 Å². The van der Waals surface area contributed by atoms with E-state index in [4.69, 9.17) is 0 Å². The molecule has 0 aliphatic heterocycles. The van der Waals surface area contributed by atoms with Crippen molar-refractivity contribution in [1.29, 1.82) is 0 Å². The SMILES string of the molecule is Cc1cccc(C)c1CCC(C)CBr. The fourth-order valence-corrected chi connectivity index (χ4v) is 2.03. The largest absolute Gasteiger partial charge is 0.0925 e. The third-order valence-corrected chi connectivity index (χ3v) is 3.90. The highest BCUT2D eigenvalue weighted by Gasteiger charge is 2.04. The normalized spacial score (nSPS) is 12.9. The Labute approximate surface area is 95.9 Å². The summed E-state index contributed by atoms with van der Waals surface area (Å²) in [5.74, 6) is 0.772. The molecule has 0 spiro atoms. The van der Waals surface area contributed by atoms with E-state index < -0.39 is 0 Å². The highest BCUT2D eigenvalue weighted by molar-refractivity contribution is 9.09. The smallest absolute Gasteiger partial charge is 0.00571 e. The third kappa shape index (κ3) is 3.13. The Morgan fingerprint density at radius 2 is 1.79 bits per heavy atom. The molecule has 14 heavy (non-hydrogen) atoms. The van der Waals surface area contributed by atoms with Crippen molar-refractivity contribution in [3.05, 3.63) is 34.9 Å². The first-order chi connectivity index (χ1) is 6.65. The Morgan fingerprint density at radius 3 is 2.29 bits per heavy atom. The first-order valence-electron chi connectivity index (χ1n) is 5.26. The second-order valence-corrected chi connectivity index (χ2v) is 4.82. The first-order valence-corrected chi connectivity index (χ1v) is 6.38. The van der Waals surface area contributed by atoms with Crippen LogP contribution in [-0.2, 0) is 6.42 Å². The maximum atomic E-state index is 3.53. The molecule has 1 rings (SSSR count). The molecular weight excluding hydrogens is 236 g/mol. The summed E-state index contributed by atoms with van der Waals surface area (Å²) in [6, 6.07) is 6.56. The van der Waals surface area contributed by atoms with Crippen molar-refractivity contribution >= 4 is 15.9 Å². The molecule has 0 aliphatic carbocycles. The van der Waals surface area contributed by atoms with Crippen LogP contribution in [0.5, 0.6) is 0 Å². The van der Waals surface area contributed by atoms with Crippen LogP contribution in [0.4, 0.5) is 0 Å². The summed E-state index contributed by atoms with van der Waals surface area (Å²) in [6.45, 7) is 6.71. The lowest BCUT2D eigenvalue weighted by molar-refractivity contribution is 0.597. The van der Waals surface area contributed by atoms with Gasteiger partial charge in [0.1, 0.15) is 0 Å². The van der Waals surface area contributed by atoms with Gasteiger partial charge in [0.15, 0.2) is 0 Å². The molecule has 78 valence electrons. The monoisotopic (exact) mass is 254 g/mol. The molecule has 0 radical (unpaired) electrons. The topological polar surface area (TPSA) is 0 Å². The molecule has 0 bridgehead atoms. The van der Waals surface area contributed by atoms with Gasteiger partial charge >= 0.3 is 0 Å². The third-order valence-electron chi connectivity index (χ3n) is 2.80. The predicted molar refractivity (Wildman–Crippen MR) is 67.2 cm³/mol. The molecule has 1 heteroatoms. The van der Waals surface area contributed by atoms with Crippen molar-refractivity contribution < 1.29 is 0 Å². The molecular formula is C13H19Br. The van der Waals surface area contributed by atoms with Gasteiger partial charge in [-0.3, -0.25) is 0 Å². The lowest BCUT2D eigenvalue weighted by Crippen LogP contribution is -2.01. The molecule has 0 aromatic heterocycles. The molecule has 0 saturated carbocycles. The van der Waals surface area contributed by atoms with Crippen molar-refractivity contribution in [2.45, 2.75) is 33.6 Å². The van der Waals surface area contributed by atoms with Crippen LogP contribution in [0.15, 0.2) is 18.2 Å². The zero-order valence-electron chi connectivity index (χ0n) is 9.31. The van der Waals surface area contributed by atoms with E-state index in [-0.39, 0.29) is 0 Å². The van der Waals surface area contributed by atoms with E-state index in [2.05, 4.69) is 54.9 Å². The van der Waals surface area contributed by atoms with E-state index in [1.165, 1.54) is 24.0 Å². The minimum Gasteiger partial charge on any atom is -0.0925 e. The van der Waals surface area contributed by atoms with E-state index in [1.54, 1.807) is 5.56 Å². The Balaban J connectivity index is 2.66. The van der Waals surface area contributed by atoms with Gasteiger partial charge in [-0.2, -0.15) is 0 Å². The van der Waals surface area contributed by atoms with Gasteiger partial charge in [-0.15, -0.1) is 0 Å². The molecule has 1 atom stereocenters. The fraction of sp³-hybridized carbons (Fsp3) is 0.538. The Hall–Kier alpha value is -0.300. The van der Waals surface area contributed by atoms with Crippen LogP contribution >= 0.6 is 15.9 Å². The van der Waals surface area contributed by atoms with E-state index >= 15 is 0 Å². The highest BCUT2D eigenvalue weighted by Crippen LogP contribution is 2.18. The number of alkyl halides is 1. The Kier molecular flexibility index (Phi) is 4.67. The first kappa shape index (κ1) is 11.8. The van der Waals surface area contributed by atoms with Crippen LogP contribution in [0, 0.1) is 19.8 Å². The molecule has 1 aromatic rings. The summed E-state index contributed by atoms with van der Waals surface area (Å²) < 4.78 is 0. The van der Waals surface area contributed by atoms with Gasteiger partial charge in [-0.05, 0) is 49.3 Å². The second kappa shape index (κ2) is 5.55. The van der Waals surface area contributed by atoms with E-state index in [9.17, 15) is 0 Å². The molecule has 1 unspecified atom stereocenters. The van der Waals surface area contributed by atoms with Crippen molar-refractivity contribution in [2.24, 2.45) is 5.92 Å². The van der Waals surface area contributed by atoms with Gasteiger partial charge in [0.25, 0.3) is 0 Å². The minimum atomic E-state index is 0.772. The van der Waals surface area contributed by atoms with Crippen molar-refractivity contribution in [3.8, 4) is 0 Å². The molecule has 1 aromatic carbocycles. The summed E-state index contributed by atoms with van der Waals surface area (Å²) in [5, 5.41) is 1.11. The van der Waals surface area contributed by atoms with E-state index in [0.717, 1.165) is 11.2 Å². The minimum absolute atomic E-state index is 0.772. The fourth-order valence-electron chi connectivity index (χ4n) is 1.71. The molecule has 0 fully saturated rings. The maximum absolute atomic E-state index is 3.53. The van der Waals surface area contributed by atoms with Crippen molar-refractivity contribution in [2.75, 3.05) is 5.33 Å². The van der Waals surface area contributed by atoms with Crippen LogP contribution in [0.1, 0.15) is 30.0 Å². The van der Waals surface area contributed by atoms with Gasteiger partial charge in [0, 0.05) is 5.33 Å². The van der Waals surface area contributed by atoms with Gasteiger partial charge < -0.3 is 0 Å². The Bertz CT molecular complexity index is 271. The molecule has 0 aliphatic rings. The zero-order valence-corrected chi connectivity index (χ0v) is 10.9. The highest BCUT2D eigenvalue weighted by atomic mass is 79.9. The van der Waals surface area contributed by atoms with Crippen LogP contribution in [-0.4, -0.2) is 5.33 Å². The lowest BCUT2D eigenvalue weighted by Gasteiger charge is -2.12. The van der Waals surface area contributed by atoms with Crippen LogP contribution in [0.25, 0.3) is 0 Å². The molecule has 0 saturated heterocycles. The Morgan fingerprint density at radius 1 is 1.21 bits per heavy atom. The van der Waals surface area contributed by atoms with Gasteiger partial charge in [0.05, 0.1) is 0 Å². The van der Waals surface area contributed by atoms with Gasteiger partial charge in [-0.1, -0.05) is 41.1 Å². The quantitative estimate of drug-likeness (QED) is 0.705. The van der Waals surface area contributed by atoms with E-state index in [1.807, 2.05) is 0 Å². The molecule has 0 nitrogen and oxygen atoms in total. The van der Waals surface area contributed by atoms with Crippen LogP contribution in [0.3, 0.4) is 0 Å². The average molecular weight is 255 g/mol. The molecule has 0 amide bonds. The summed E-state index contributed by atoms with van der Waals surface area (Å²) in [4.78, 5) is 0. The lowest BCUT2D eigenvalue weighted by atomic mass is 9.95. The number of hydrogen-bond acceptors (Lipinski definition) is 0. The van der Waals surface area contributed by atoms with Crippen LogP contribution < -0.4 is 0 Å². The average Bonchev–Trinajstić information content (AvgIpc) is 2.16. The second-order valence-electron chi connectivity index (χ2n) is 4.17. The summed E-state index contributed by atoms with van der Waals surface area (Å²) >= 11 is 3.53. The predicted octanol–water partition coefficient (Wildman–Crippen LogP) is 4.27. The number of hydrogen-bond donors (Lipinski definition) is 0. The zero-order chi connectivity index (χ0) is 10.6. The van der Waals surface area contributed by atoms with Crippen molar-refractivity contribution in [3.63, 3.8) is 0 Å². The maximum Gasteiger partial charge on any atom is 0.00571 e. The molecule has 0 heterocycles. The number of benzene rings is 1. The summed E-state index contributed by atoms with van der Waals surface area (Å²) in [7, 11) is 0.